The van der Waals surface area contributed by atoms with Crippen molar-refractivity contribution in [2.24, 2.45) is 17.8 Å². The lowest BCUT2D eigenvalue weighted by Gasteiger charge is -2.49. The minimum Gasteiger partial charge on any atom is -0.459 e. The molecule has 0 aliphatic carbocycles. The molecule has 1 amide bonds. The number of nitrogens with one attached hydrogen (secondary N) is 1. The maximum Gasteiger partial charge on any atom is 0.311 e. The van der Waals surface area contributed by atoms with Crippen LogP contribution in [0.3, 0.4) is 0 Å². The van der Waals surface area contributed by atoms with Crippen molar-refractivity contribution in [3.8, 4) is 0 Å². The number of carbonyl (C=O) groups excluding carboxylic acids is 2. The Morgan fingerprint density at radius 2 is 1.47 bits per heavy atom. The molecule has 0 aromatic rings. The minimum absolute atomic E-state index is 0.124. The van der Waals surface area contributed by atoms with E-state index in [1.54, 1.807) is 34.6 Å². The number of esters is 1. The second-order valence-electron chi connectivity index (χ2n) is 16.7. The van der Waals surface area contributed by atoms with Gasteiger partial charge >= 0.3 is 5.97 Å². The molecule has 2 unspecified atom stereocenters. The summed E-state index contributed by atoms with van der Waals surface area (Å²) in [5, 5.41) is 48.4. The SMILES string of the molecule is CC[C@H]1OC(=O)[C@H](C)[C@@H](OC2C[C@@](C)(OC)[C@H](O)[C@H](C)O2)[C@H](C)C(O[C@@H]2O[C@H](C)C[C@H](N(C)C)[C@H]2O)[C@](C)(OC)C[C@@H](C)NC(=O)[C@H](C)[C@@H](O)[C@]1(C)O. The van der Waals surface area contributed by atoms with Gasteiger partial charge in [0.25, 0.3) is 0 Å². The van der Waals surface area contributed by atoms with Gasteiger partial charge in [0.15, 0.2) is 12.6 Å². The average Bonchev–Trinajstić information content (AvgIpc) is 3.09. The summed E-state index contributed by atoms with van der Waals surface area (Å²) in [6, 6.07) is -0.819. The van der Waals surface area contributed by atoms with Gasteiger partial charge in [-0.2, -0.15) is 0 Å². The molecule has 3 aliphatic rings. The fourth-order valence-electron chi connectivity index (χ4n) is 8.45. The number of aliphatic hydroxyl groups excluding tert-OH is 3. The third kappa shape index (κ3) is 10.1. The first-order valence-corrected chi connectivity index (χ1v) is 19.1. The highest BCUT2D eigenvalue weighted by molar-refractivity contribution is 5.79. The summed E-state index contributed by atoms with van der Waals surface area (Å²) in [4.78, 5) is 29.7. The number of likely N-dealkylation sites (N-methyl/N-ethyl adjacent to an activating group) is 1. The molecule has 0 bridgehead atoms. The van der Waals surface area contributed by atoms with E-state index in [4.69, 9.17) is 33.2 Å². The van der Waals surface area contributed by atoms with E-state index in [2.05, 4.69) is 5.32 Å². The highest BCUT2D eigenvalue weighted by Crippen LogP contribution is 2.40. The van der Waals surface area contributed by atoms with Gasteiger partial charge in [0.2, 0.25) is 5.91 Å². The number of carbonyl (C=O) groups is 2. The molecule has 0 aromatic carbocycles. The normalized spacial score (nSPS) is 48.4. The first-order valence-electron chi connectivity index (χ1n) is 19.1. The molecule has 15 heteroatoms. The quantitative estimate of drug-likeness (QED) is 0.225. The molecule has 3 fully saturated rings. The van der Waals surface area contributed by atoms with Gasteiger partial charge in [0.05, 0.1) is 53.6 Å². The van der Waals surface area contributed by atoms with Gasteiger partial charge in [-0.15, -0.1) is 0 Å². The van der Waals surface area contributed by atoms with Crippen molar-refractivity contribution in [1.82, 2.24) is 10.2 Å². The second-order valence-corrected chi connectivity index (χ2v) is 16.7. The number of amides is 1. The van der Waals surface area contributed by atoms with Gasteiger partial charge in [-0.1, -0.05) is 20.8 Å². The van der Waals surface area contributed by atoms with E-state index in [1.165, 1.54) is 28.1 Å². The van der Waals surface area contributed by atoms with E-state index >= 15 is 0 Å². The first kappa shape index (κ1) is 45.9. The van der Waals surface area contributed by atoms with Gasteiger partial charge in [0, 0.05) is 38.6 Å². The molecule has 15 nitrogen and oxygen atoms in total. The van der Waals surface area contributed by atoms with E-state index in [0.717, 1.165) is 0 Å². The summed E-state index contributed by atoms with van der Waals surface area (Å²) in [7, 11) is 6.79. The van der Waals surface area contributed by atoms with E-state index in [-0.39, 0.29) is 31.4 Å². The smallest absolute Gasteiger partial charge is 0.311 e. The summed E-state index contributed by atoms with van der Waals surface area (Å²) in [5.74, 6) is -4.06. The molecule has 5 N–H and O–H groups in total. The molecule has 310 valence electrons. The number of methoxy groups -OCH3 is 2. The van der Waals surface area contributed by atoms with Gasteiger partial charge < -0.3 is 63.8 Å². The molecule has 0 aromatic heterocycles. The molecule has 0 radical (unpaired) electrons. The van der Waals surface area contributed by atoms with Crippen molar-refractivity contribution < 1.29 is 63.2 Å². The molecular formula is C38H70N2O13. The Morgan fingerprint density at radius 1 is 0.868 bits per heavy atom. The summed E-state index contributed by atoms with van der Waals surface area (Å²) in [5.41, 5.74) is -4.23. The molecule has 0 saturated carbocycles. The van der Waals surface area contributed by atoms with Crippen molar-refractivity contribution in [2.45, 2.75) is 185 Å². The monoisotopic (exact) mass is 762 g/mol. The van der Waals surface area contributed by atoms with Crippen molar-refractivity contribution in [1.29, 1.82) is 0 Å². The number of hydrogen-bond donors (Lipinski definition) is 5. The Morgan fingerprint density at radius 3 is 2.02 bits per heavy atom. The zero-order valence-electron chi connectivity index (χ0n) is 34.4. The van der Waals surface area contributed by atoms with Crippen molar-refractivity contribution in [2.75, 3.05) is 28.3 Å². The van der Waals surface area contributed by atoms with Crippen LogP contribution in [0.5, 0.6) is 0 Å². The number of nitrogens with zero attached hydrogens (tertiary/aromatic N) is 1. The lowest BCUT2D eigenvalue weighted by Crippen LogP contribution is -2.61. The lowest BCUT2D eigenvalue weighted by molar-refractivity contribution is -0.319. The zero-order valence-corrected chi connectivity index (χ0v) is 34.4. The molecule has 53 heavy (non-hydrogen) atoms. The van der Waals surface area contributed by atoms with E-state index in [1.807, 2.05) is 39.8 Å². The number of cyclic esters (lactones) is 1. The summed E-state index contributed by atoms with van der Waals surface area (Å²) >= 11 is 0. The highest BCUT2D eigenvalue weighted by Gasteiger charge is 2.53. The summed E-state index contributed by atoms with van der Waals surface area (Å²) < 4.78 is 43.9. The predicted octanol–water partition coefficient (Wildman–Crippen LogP) is 1.74. The minimum atomic E-state index is -1.99. The van der Waals surface area contributed by atoms with Gasteiger partial charge in [0.1, 0.15) is 23.9 Å². The van der Waals surface area contributed by atoms with Gasteiger partial charge in [-0.25, -0.2) is 0 Å². The summed E-state index contributed by atoms with van der Waals surface area (Å²) in [6.07, 6.45) is -8.72. The largest absolute Gasteiger partial charge is 0.459 e. The predicted molar refractivity (Wildman–Crippen MR) is 194 cm³/mol. The van der Waals surface area contributed by atoms with Crippen molar-refractivity contribution in [3.63, 3.8) is 0 Å². The van der Waals surface area contributed by atoms with Crippen LogP contribution in [0, 0.1) is 17.8 Å². The second kappa shape index (κ2) is 18.2. The molecule has 3 rings (SSSR count). The van der Waals surface area contributed by atoms with Crippen LogP contribution in [0.1, 0.15) is 94.9 Å². The standard InChI is InChI=1S/C38H70N2O13/c1-15-26-38(10,46)30(42)23(6)33(44)39-19(2)17-37(9,48-14)32(53-35-28(41)25(40(11)12)16-20(3)49-35)21(4)29(22(5)34(45)51-26)52-27-18-36(8,47-13)31(43)24(7)50-27/h19-32,35,41-43,46H,15-18H2,1-14H3,(H,39,44)/t19-,20-,21+,22-,23-,24+,25+,26-,27?,28-,29+,30-,31-,32?,35+,36-,37-,38-/m1/s1. The van der Waals surface area contributed by atoms with Crippen LogP contribution in [0.2, 0.25) is 0 Å². The zero-order chi connectivity index (χ0) is 40.4. The topological polar surface area (TPSA) is 195 Å². The number of rotatable bonds is 8. The van der Waals surface area contributed by atoms with E-state index < -0.39 is 108 Å². The Labute approximate surface area is 316 Å². The van der Waals surface area contributed by atoms with Crippen LogP contribution in [0.25, 0.3) is 0 Å². The molecule has 0 spiro atoms. The molecule has 3 heterocycles. The van der Waals surface area contributed by atoms with Crippen molar-refractivity contribution >= 4 is 11.9 Å². The Hall–Kier alpha value is -1.50. The van der Waals surface area contributed by atoms with Gasteiger partial charge in [-0.3, -0.25) is 9.59 Å². The van der Waals surface area contributed by atoms with E-state index in [9.17, 15) is 30.0 Å². The van der Waals surface area contributed by atoms with Gasteiger partial charge in [-0.05, 0) is 81.8 Å². The third-order valence-electron chi connectivity index (χ3n) is 12.1. The first-order chi connectivity index (χ1) is 24.5. The van der Waals surface area contributed by atoms with Crippen LogP contribution >= 0.6 is 0 Å². The Kier molecular flexibility index (Phi) is 15.7. The fraction of sp³-hybridized carbons (Fsp3) is 0.947. The average molecular weight is 763 g/mol. The van der Waals surface area contributed by atoms with Crippen LogP contribution < -0.4 is 5.32 Å². The molecule has 3 aliphatic heterocycles. The highest BCUT2D eigenvalue weighted by atomic mass is 16.7. The maximum atomic E-state index is 14.2. The molecular weight excluding hydrogens is 692 g/mol. The number of aliphatic hydroxyl groups is 4. The molecule has 18 atom stereocenters. The Balaban J connectivity index is 2.22. The van der Waals surface area contributed by atoms with Crippen molar-refractivity contribution in [3.05, 3.63) is 0 Å². The maximum absolute atomic E-state index is 14.2. The van der Waals surface area contributed by atoms with E-state index in [0.29, 0.717) is 6.42 Å². The molecule has 3 saturated heterocycles. The van der Waals surface area contributed by atoms with Crippen LogP contribution in [0.15, 0.2) is 0 Å². The number of ether oxygens (including phenoxy) is 7. The fourth-order valence-corrected chi connectivity index (χ4v) is 8.45. The third-order valence-corrected chi connectivity index (χ3v) is 12.1. The Bertz CT molecular complexity index is 1210. The lowest BCUT2D eigenvalue weighted by atomic mass is 9.78. The van der Waals surface area contributed by atoms with Crippen LogP contribution in [-0.2, 0) is 42.7 Å². The summed E-state index contributed by atoms with van der Waals surface area (Å²) in [6.45, 7) is 17.1. The van der Waals surface area contributed by atoms with Crippen LogP contribution in [0.4, 0.5) is 0 Å². The number of hydrogen-bond acceptors (Lipinski definition) is 14. The van der Waals surface area contributed by atoms with Crippen LogP contribution in [-0.4, -0.2) is 156 Å².